The molecule has 4 rings (SSSR count). The molecule has 174 valence electrons. The lowest BCUT2D eigenvalue weighted by molar-refractivity contribution is -0.133. The Labute approximate surface area is 211 Å². The van der Waals surface area contributed by atoms with Crippen LogP contribution in [0.15, 0.2) is 81.9 Å². The fraction of sp³-hybridized carbons (Fsp3) is 0.160. The van der Waals surface area contributed by atoms with Crippen molar-refractivity contribution in [1.29, 1.82) is 0 Å². The maximum absolute atomic E-state index is 13.0. The molecule has 0 saturated heterocycles. The molecular formula is C25H23IN4O4. The summed E-state index contributed by atoms with van der Waals surface area (Å²) in [6, 6.07) is 20.1. The molecule has 2 amide bonds. The molecule has 3 aromatic rings. The summed E-state index contributed by atoms with van der Waals surface area (Å²) in [5.41, 5.74) is 2.70. The lowest BCUT2D eigenvalue weighted by Crippen LogP contribution is -2.40. The smallest absolute Gasteiger partial charge is 0.277 e. The van der Waals surface area contributed by atoms with Gasteiger partial charge in [0.15, 0.2) is 9.53 Å². The molecule has 1 aliphatic rings. The van der Waals surface area contributed by atoms with Crippen LogP contribution in [-0.2, 0) is 9.53 Å². The zero-order valence-electron chi connectivity index (χ0n) is 18.9. The quantitative estimate of drug-likeness (QED) is 0.447. The summed E-state index contributed by atoms with van der Waals surface area (Å²) < 4.78 is 12.3. The van der Waals surface area contributed by atoms with Crippen LogP contribution < -0.4 is 10.2 Å². The van der Waals surface area contributed by atoms with E-state index in [2.05, 4.69) is 10.4 Å². The van der Waals surface area contributed by atoms with E-state index in [0.29, 0.717) is 20.8 Å². The number of anilines is 1. The van der Waals surface area contributed by atoms with Crippen LogP contribution in [0, 0.1) is 3.77 Å². The van der Waals surface area contributed by atoms with Gasteiger partial charge >= 0.3 is 0 Å². The largest absolute Gasteiger partial charge is 0.445 e. The van der Waals surface area contributed by atoms with Crippen LogP contribution in [0.25, 0.3) is 6.08 Å². The van der Waals surface area contributed by atoms with E-state index in [1.165, 1.54) is 11.9 Å². The van der Waals surface area contributed by atoms with Gasteiger partial charge in [-0.25, -0.2) is 0 Å². The van der Waals surface area contributed by atoms with Gasteiger partial charge in [0.05, 0.1) is 5.70 Å². The van der Waals surface area contributed by atoms with Crippen molar-refractivity contribution in [3.63, 3.8) is 0 Å². The summed E-state index contributed by atoms with van der Waals surface area (Å²) >= 11 is 2.04. The minimum atomic E-state index is -0.976. The van der Waals surface area contributed by atoms with Gasteiger partial charge < -0.3 is 19.4 Å². The second-order valence-electron chi connectivity index (χ2n) is 7.75. The van der Waals surface area contributed by atoms with Crippen molar-refractivity contribution >= 4 is 52.1 Å². The third kappa shape index (κ3) is 5.30. The Kier molecular flexibility index (Phi) is 7.01. The normalized spacial score (nSPS) is 15.5. The van der Waals surface area contributed by atoms with Gasteiger partial charge in [0.25, 0.3) is 11.8 Å². The van der Waals surface area contributed by atoms with Gasteiger partial charge in [-0.05, 0) is 70.6 Å². The summed E-state index contributed by atoms with van der Waals surface area (Å²) in [5.74, 6) is -0.123. The zero-order valence-corrected chi connectivity index (χ0v) is 21.0. The maximum atomic E-state index is 13.0. The molecule has 1 atom stereocenters. The zero-order chi connectivity index (χ0) is 24.2. The number of halogens is 1. The molecule has 1 aromatic heterocycles. The van der Waals surface area contributed by atoms with Gasteiger partial charge in [-0.3, -0.25) is 9.59 Å². The highest BCUT2D eigenvalue weighted by atomic mass is 127. The lowest BCUT2D eigenvalue weighted by Gasteiger charge is -2.22. The lowest BCUT2D eigenvalue weighted by atomic mass is 10.1. The Morgan fingerprint density at radius 1 is 1.06 bits per heavy atom. The highest BCUT2D eigenvalue weighted by Gasteiger charge is 2.36. The summed E-state index contributed by atoms with van der Waals surface area (Å²) in [6.45, 7) is 1.39. The van der Waals surface area contributed by atoms with E-state index in [1.807, 2.05) is 71.9 Å². The Morgan fingerprint density at radius 3 is 2.35 bits per heavy atom. The molecule has 1 N–H and O–H groups in total. The van der Waals surface area contributed by atoms with Gasteiger partial charge in [0.1, 0.15) is 0 Å². The molecule has 0 spiro atoms. The Morgan fingerprint density at radius 2 is 1.76 bits per heavy atom. The number of nitrogens with zero attached hydrogens (tertiary/aromatic N) is 3. The topological polar surface area (TPSA) is 87.4 Å². The van der Waals surface area contributed by atoms with Crippen molar-refractivity contribution < 1.29 is 18.7 Å². The summed E-state index contributed by atoms with van der Waals surface area (Å²) in [6.07, 6.45) is 0.794. The number of rotatable bonds is 6. The third-order valence-electron chi connectivity index (χ3n) is 5.04. The number of hydrogen-bond donors (Lipinski definition) is 1. The number of ether oxygens (including phenoxy) is 1. The number of nitrogens with one attached hydrogen (secondary N) is 1. The average Bonchev–Trinajstić information content (AvgIpc) is 3.46. The van der Waals surface area contributed by atoms with Crippen LogP contribution in [0.5, 0.6) is 0 Å². The van der Waals surface area contributed by atoms with E-state index in [1.54, 1.807) is 42.5 Å². The van der Waals surface area contributed by atoms with Crippen molar-refractivity contribution in [3.05, 3.63) is 93.1 Å². The second-order valence-corrected chi connectivity index (χ2v) is 8.81. The van der Waals surface area contributed by atoms with Gasteiger partial charge in [-0.1, -0.05) is 30.3 Å². The minimum absolute atomic E-state index is 0.158. The number of furan rings is 1. The summed E-state index contributed by atoms with van der Waals surface area (Å²) in [5, 5.41) is 8.42. The van der Waals surface area contributed by atoms with Gasteiger partial charge in [-0.15, -0.1) is 5.10 Å². The highest BCUT2D eigenvalue weighted by molar-refractivity contribution is 14.1. The monoisotopic (exact) mass is 570 g/mol. The molecule has 8 nitrogen and oxygen atoms in total. The van der Waals surface area contributed by atoms with Crippen molar-refractivity contribution in [2.75, 3.05) is 19.0 Å². The van der Waals surface area contributed by atoms with Crippen molar-refractivity contribution in [1.82, 2.24) is 10.3 Å². The Balaban J connectivity index is 1.70. The van der Waals surface area contributed by atoms with Gasteiger partial charge in [-0.2, -0.15) is 5.01 Å². The van der Waals surface area contributed by atoms with Gasteiger partial charge in [0, 0.05) is 32.3 Å². The average molecular weight is 570 g/mol. The number of carbonyl (C=O) groups is 2. The fourth-order valence-electron chi connectivity index (χ4n) is 3.31. The Bertz CT molecular complexity index is 1250. The number of carbonyl (C=O) groups excluding carboxylic acids is 2. The van der Waals surface area contributed by atoms with Crippen molar-refractivity contribution in [2.24, 2.45) is 5.10 Å². The molecule has 1 unspecified atom stereocenters. The maximum Gasteiger partial charge on any atom is 0.277 e. The summed E-state index contributed by atoms with van der Waals surface area (Å²) in [4.78, 5) is 27.4. The number of hydrogen-bond acceptors (Lipinski definition) is 6. The minimum Gasteiger partial charge on any atom is -0.445 e. The predicted octanol–water partition coefficient (Wildman–Crippen LogP) is 4.29. The van der Waals surface area contributed by atoms with E-state index in [9.17, 15) is 9.59 Å². The molecule has 34 heavy (non-hydrogen) atoms. The molecule has 1 aliphatic heterocycles. The van der Waals surface area contributed by atoms with E-state index in [4.69, 9.17) is 9.15 Å². The van der Waals surface area contributed by atoms with E-state index in [0.717, 1.165) is 11.3 Å². The van der Waals surface area contributed by atoms with Crippen LogP contribution in [-0.4, -0.2) is 43.0 Å². The third-order valence-corrected chi connectivity index (χ3v) is 5.62. The van der Waals surface area contributed by atoms with Crippen molar-refractivity contribution in [3.8, 4) is 0 Å². The van der Waals surface area contributed by atoms with Crippen LogP contribution >= 0.6 is 22.6 Å². The number of amides is 2. The van der Waals surface area contributed by atoms with E-state index in [-0.39, 0.29) is 17.7 Å². The molecule has 0 fully saturated rings. The van der Waals surface area contributed by atoms with Crippen molar-refractivity contribution in [2.45, 2.75) is 13.2 Å². The first-order valence-electron chi connectivity index (χ1n) is 10.5. The van der Waals surface area contributed by atoms with E-state index < -0.39 is 6.23 Å². The van der Waals surface area contributed by atoms with Crippen LogP contribution in [0.1, 0.15) is 28.6 Å². The molecule has 9 heteroatoms. The molecule has 0 bridgehead atoms. The highest BCUT2D eigenvalue weighted by Crippen LogP contribution is 2.25. The first-order chi connectivity index (χ1) is 16.3. The predicted molar refractivity (Wildman–Crippen MR) is 138 cm³/mol. The van der Waals surface area contributed by atoms with Crippen LogP contribution in [0.3, 0.4) is 0 Å². The molecule has 0 aliphatic carbocycles. The molecular weight excluding hydrogens is 547 g/mol. The molecule has 0 radical (unpaired) electrons. The summed E-state index contributed by atoms with van der Waals surface area (Å²) in [7, 11) is 3.92. The van der Waals surface area contributed by atoms with E-state index >= 15 is 0 Å². The molecule has 0 saturated carbocycles. The molecule has 2 heterocycles. The number of benzene rings is 2. The first-order valence-corrected chi connectivity index (χ1v) is 11.6. The SMILES string of the molecule is CC(=O)N1N=C(c2ccc(I)o2)OC1C(=Cc1ccc(N(C)C)cc1)NC(=O)c1ccccc1. The van der Waals surface area contributed by atoms with Gasteiger partial charge in [0.2, 0.25) is 12.1 Å². The first kappa shape index (κ1) is 23.6. The number of hydrazone groups is 1. The second kappa shape index (κ2) is 10.1. The standard InChI is InChI=1S/C25H23IN4O4/c1-16(31)30-25(34-24(28-30)21-13-14-22(26)33-21)20(27-23(32)18-7-5-4-6-8-18)15-17-9-11-19(12-10-17)29(2)3/h4-15,25H,1-3H3,(H,27,32). The van der Waals surface area contributed by atoms with Crippen LogP contribution in [0.4, 0.5) is 5.69 Å². The molecule has 2 aromatic carbocycles. The fourth-order valence-corrected chi connectivity index (χ4v) is 3.72. The van der Waals surface area contributed by atoms with Crippen LogP contribution in [0.2, 0.25) is 0 Å². The Hall–Kier alpha value is -3.60.